The van der Waals surface area contributed by atoms with E-state index in [4.69, 9.17) is 15.9 Å². The van der Waals surface area contributed by atoms with Crippen molar-refractivity contribution in [1.82, 2.24) is 15.3 Å². The van der Waals surface area contributed by atoms with Crippen molar-refractivity contribution >= 4 is 27.5 Å². The second-order valence-corrected chi connectivity index (χ2v) is 8.61. The third kappa shape index (κ3) is 3.13. The number of aromatic nitrogens is 2. The van der Waals surface area contributed by atoms with Crippen molar-refractivity contribution in [3.8, 4) is 41.0 Å². The first-order valence-corrected chi connectivity index (χ1v) is 11.2. The van der Waals surface area contributed by atoms with Crippen LogP contribution in [0.2, 0.25) is 0 Å². The third-order valence-electron chi connectivity index (χ3n) is 6.63. The van der Waals surface area contributed by atoms with Crippen molar-refractivity contribution in [3.05, 3.63) is 47.3 Å². The van der Waals surface area contributed by atoms with Gasteiger partial charge in [0.15, 0.2) is 17.4 Å². The Morgan fingerprint density at radius 3 is 2.81 bits per heavy atom. The summed E-state index contributed by atoms with van der Waals surface area (Å²) in [7, 11) is 1.35. The molecule has 4 aromatic rings. The number of phenols is 1. The highest BCUT2D eigenvalue weighted by Gasteiger charge is 2.35. The van der Waals surface area contributed by atoms with E-state index in [0.717, 1.165) is 12.1 Å². The zero-order valence-corrected chi connectivity index (χ0v) is 19.0. The van der Waals surface area contributed by atoms with Crippen molar-refractivity contribution in [2.75, 3.05) is 38.3 Å². The van der Waals surface area contributed by atoms with Gasteiger partial charge in [-0.15, -0.1) is 6.42 Å². The molecule has 1 saturated heterocycles. The van der Waals surface area contributed by atoms with E-state index in [1.165, 1.54) is 19.2 Å². The summed E-state index contributed by atoms with van der Waals surface area (Å²) in [6.07, 6.45) is 5.57. The number of nitrogens with zero attached hydrogens (tertiary/aromatic N) is 3. The molecule has 36 heavy (non-hydrogen) atoms. The summed E-state index contributed by atoms with van der Waals surface area (Å²) in [6, 6.07) is 4.71. The summed E-state index contributed by atoms with van der Waals surface area (Å²) in [5.74, 6) is -0.740. The topological polar surface area (TPSA) is 79.7 Å². The number of aromatic hydroxyl groups is 1. The summed E-state index contributed by atoms with van der Waals surface area (Å²) in [5, 5.41) is 14.1. The first kappa shape index (κ1) is 22.2. The zero-order valence-electron chi connectivity index (χ0n) is 19.0. The van der Waals surface area contributed by atoms with Crippen LogP contribution in [0.1, 0.15) is 5.56 Å². The molecule has 7 nitrogen and oxygen atoms in total. The lowest BCUT2D eigenvalue weighted by Crippen LogP contribution is -2.53. The Kier molecular flexibility index (Phi) is 5.05. The number of piperazine rings is 1. The van der Waals surface area contributed by atoms with Crippen LogP contribution in [0.5, 0.6) is 17.5 Å². The quantitative estimate of drug-likeness (QED) is 0.413. The van der Waals surface area contributed by atoms with E-state index >= 15 is 8.78 Å². The summed E-state index contributed by atoms with van der Waals surface area (Å²) in [6.45, 7) is 1.85. The zero-order chi connectivity index (χ0) is 25.1. The highest BCUT2D eigenvalue weighted by molar-refractivity contribution is 6.06. The predicted molar refractivity (Wildman–Crippen MR) is 128 cm³/mol. The van der Waals surface area contributed by atoms with Crippen LogP contribution in [0.25, 0.3) is 32.8 Å². The van der Waals surface area contributed by atoms with Gasteiger partial charge < -0.3 is 24.8 Å². The average molecular weight is 492 g/mol. The monoisotopic (exact) mass is 492 g/mol. The molecule has 3 aromatic carbocycles. The first-order chi connectivity index (χ1) is 17.4. The number of anilines is 1. The van der Waals surface area contributed by atoms with Crippen molar-refractivity contribution in [2.24, 2.45) is 0 Å². The molecule has 0 aliphatic carbocycles. The molecular weight excluding hydrogens is 473 g/mol. The van der Waals surface area contributed by atoms with Gasteiger partial charge in [0.2, 0.25) is 0 Å². The second-order valence-electron chi connectivity index (χ2n) is 8.61. The third-order valence-corrected chi connectivity index (χ3v) is 6.63. The number of hydrogen-bond donors (Lipinski definition) is 2. The molecule has 1 aromatic heterocycles. The smallest absolute Gasteiger partial charge is 0.318 e. The molecule has 182 valence electrons. The van der Waals surface area contributed by atoms with Crippen LogP contribution in [0.4, 0.5) is 19.0 Å². The molecule has 0 amide bonds. The van der Waals surface area contributed by atoms with Gasteiger partial charge in [0.25, 0.3) is 0 Å². The number of terminal acetylenes is 1. The Labute approximate surface area is 203 Å². The molecule has 2 aliphatic rings. The van der Waals surface area contributed by atoms with Gasteiger partial charge >= 0.3 is 6.01 Å². The molecule has 1 atom stereocenters. The molecule has 1 fully saturated rings. The van der Waals surface area contributed by atoms with E-state index < -0.39 is 23.0 Å². The number of benzene rings is 3. The number of fused-ring (bicyclic) bond motifs is 3. The van der Waals surface area contributed by atoms with Gasteiger partial charge in [-0.1, -0.05) is 12.0 Å². The van der Waals surface area contributed by atoms with Gasteiger partial charge in [0.05, 0.1) is 29.7 Å². The van der Waals surface area contributed by atoms with Gasteiger partial charge in [-0.25, -0.2) is 13.2 Å². The fourth-order valence-corrected chi connectivity index (χ4v) is 5.04. The van der Waals surface area contributed by atoms with E-state index in [1.54, 1.807) is 0 Å². The standard InChI is InChI=1S/C26H19F3N4O3/c1-3-15-17(27)5-4-12-8-14(34)9-16(18(12)15)19-21(28)23-20-24(22(19)29)36-11-13-10-30-6-7-33(13)25(20)32-26(31-23)35-2/h1,4-5,8-9,13,30,34H,6-7,10-11H2,2H3/t13-/m0/s1. The lowest BCUT2D eigenvalue weighted by Gasteiger charge is -2.35. The van der Waals surface area contributed by atoms with Crippen molar-refractivity contribution < 1.29 is 27.8 Å². The Morgan fingerprint density at radius 1 is 1.19 bits per heavy atom. The number of halogens is 3. The molecule has 0 radical (unpaired) electrons. The SMILES string of the molecule is C#Cc1c(F)ccc2cc(O)cc(-c3c(F)c4c5c(nc(OC)nc5c3F)N3CCNC[C@H]3CO4)c12. The number of nitrogens with one attached hydrogen (secondary N) is 1. The second kappa shape index (κ2) is 8.17. The molecule has 0 unspecified atom stereocenters. The van der Waals surface area contributed by atoms with E-state index in [9.17, 15) is 9.50 Å². The molecule has 0 saturated carbocycles. The maximum atomic E-state index is 16.3. The number of rotatable bonds is 2. The van der Waals surface area contributed by atoms with Gasteiger partial charge in [0, 0.05) is 30.6 Å². The van der Waals surface area contributed by atoms with Crippen LogP contribution in [0, 0.1) is 29.8 Å². The minimum Gasteiger partial charge on any atom is -0.508 e. The molecule has 6 rings (SSSR count). The lowest BCUT2D eigenvalue weighted by molar-refractivity contribution is 0.264. The summed E-state index contributed by atoms with van der Waals surface area (Å²) < 4.78 is 58.4. The molecule has 0 bridgehead atoms. The van der Waals surface area contributed by atoms with Gasteiger partial charge in [0.1, 0.15) is 29.5 Å². The van der Waals surface area contributed by atoms with E-state index in [-0.39, 0.29) is 57.6 Å². The maximum absolute atomic E-state index is 16.3. The first-order valence-electron chi connectivity index (χ1n) is 11.2. The summed E-state index contributed by atoms with van der Waals surface area (Å²) in [4.78, 5) is 10.5. The Morgan fingerprint density at radius 2 is 2.03 bits per heavy atom. The highest BCUT2D eigenvalue weighted by atomic mass is 19.1. The fourth-order valence-electron chi connectivity index (χ4n) is 5.04. The van der Waals surface area contributed by atoms with E-state index in [0.29, 0.717) is 30.8 Å². The summed E-state index contributed by atoms with van der Waals surface area (Å²) >= 11 is 0. The number of ether oxygens (including phenoxy) is 2. The molecule has 3 heterocycles. The van der Waals surface area contributed by atoms with Crippen LogP contribution in [0.15, 0.2) is 24.3 Å². The van der Waals surface area contributed by atoms with Crippen molar-refractivity contribution in [2.45, 2.75) is 6.04 Å². The van der Waals surface area contributed by atoms with E-state index in [2.05, 4.69) is 21.2 Å². The molecule has 2 N–H and O–H groups in total. The van der Waals surface area contributed by atoms with E-state index in [1.807, 2.05) is 4.90 Å². The van der Waals surface area contributed by atoms with Crippen LogP contribution in [0.3, 0.4) is 0 Å². The van der Waals surface area contributed by atoms with Crippen molar-refractivity contribution in [3.63, 3.8) is 0 Å². The Bertz CT molecular complexity index is 1620. The molecule has 10 heteroatoms. The van der Waals surface area contributed by atoms with Crippen LogP contribution in [-0.2, 0) is 0 Å². The van der Waals surface area contributed by atoms with Crippen LogP contribution in [-0.4, -0.2) is 54.5 Å². The number of hydrogen-bond acceptors (Lipinski definition) is 7. The highest BCUT2D eigenvalue weighted by Crippen LogP contribution is 2.47. The minimum atomic E-state index is -1.04. The number of phenolic OH excluding ortho intramolecular Hbond substituents is 1. The van der Waals surface area contributed by atoms with Crippen molar-refractivity contribution in [1.29, 1.82) is 0 Å². The number of methoxy groups -OCH3 is 1. The summed E-state index contributed by atoms with van der Waals surface area (Å²) in [5.41, 5.74) is -1.09. The average Bonchev–Trinajstić information content (AvgIpc) is 3.05. The van der Waals surface area contributed by atoms with Gasteiger partial charge in [-0.3, -0.25) is 0 Å². The van der Waals surface area contributed by atoms with Crippen LogP contribution < -0.4 is 19.7 Å². The fraction of sp³-hybridized carbons (Fsp3) is 0.231. The Hall–Kier alpha value is -4.23. The minimum absolute atomic E-state index is 0.0757. The van der Waals surface area contributed by atoms with Gasteiger partial charge in [-0.2, -0.15) is 9.97 Å². The van der Waals surface area contributed by atoms with Gasteiger partial charge in [-0.05, 0) is 23.6 Å². The maximum Gasteiger partial charge on any atom is 0.318 e. The lowest BCUT2D eigenvalue weighted by atomic mass is 9.92. The molecular formula is C26H19F3N4O3. The Balaban J connectivity index is 1.76. The predicted octanol–water partition coefficient (Wildman–Crippen LogP) is 3.73. The molecule has 0 spiro atoms. The van der Waals surface area contributed by atoms with Crippen LogP contribution >= 0.6 is 0 Å². The largest absolute Gasteiger partial charge is 0.508 e. The normalized spacial score (nSPS) is 16.9. The molecule has 2 aliphatic heterocycles.